The Labute approximate surface area is 124 Å². The zero-order valence-electron chi connectivity index (χ0n) is 12.0. The van der Waals surface area contributed by atoms with E-state index in [0.29, 0.717) is 39.3 Å². The number of likely N-dealkylation sites (tertiary alicyclic amines) is 1. The number of aliphatic hydroxyl groups excluding tert-OH is 1. The summed E-state index contributed by atoms with van der Waals surface area (Å²) in [5, 5.41) is 9.61. The summed E-state index contributed by atoms with van der Waals surface area (Å²) in [6, 6.07) is 9.50. The van der Waals surface area contributed by atoms with E-state index in [1.54, 1.807) is 0 Å². The molecule has 0 unspecified atom stereocenters. The van der Waals surface area contributed by atoms with E-state index < -0.39 is 0 Å². The van der Waals surface area contributed by atoms with E-state index in [-0.39, 0.29) is 23.8 Å². The van der Waals surface area contributed by atoms with Crippen LogP contribution in [0.25, 0.3) is 0 Å². The number of hydrogen-bond acceptors (Lipinski definition) is 4. The summed E-state index contributed by atoms with van der Waals surface area (Å²) in [5.41, 5.74) is -0.240. The summed E-state index contributed by atoms with van der Waals surface area (Å²) < 4.78 is 11.0. The van der Waals surface area contributed by atoms with E-state index in [9.17, 15) is 9.90 Å². The van der Waals surface area contributed by atoms with Crippen molar-refractivity contribution in [3.8, 4) is 5.75 Å². The lowest BCUT2D eigenvalue weighted by Crippen LogP contribution is -2.36. The minimum atomic E-state index is -0.240. The van der Waals surface area contributed by atoms with Gasteiger partial charge in [0, 0.05) is 24.4 Å². The number of hydrogen-bond donors (Lipinski definition) is 1. The van der Waals surface area contributed by atoms with E-state index in [2.05, 4.69) is 0 Å². The van der Waals surface area contributed by atoms with Gasteiger partial charge in [0.05, 0.1) is 32.8 Å². The highest BCUT2D eigenvalue weighted by Gasteiger charge is 2.51. The van der Waals surface area contributed by atoms with Gasteiger partial charge in [-0.25, -0.2) is 0 Å². The molecule has 5 nitrogen and oxygen atoms in total. The maximum absolute atomic E-state index is 12.2. The van der Waals surface area contributed by atoms with Crippen LogP contribution >= 0.6 is 0 Å². The van der Waals surface area contributed by atoms with Crippen molar-refractivity contribution >= 4 is 5.91 Å². The largest absolute Gasteiger partial charge is 0.493 e. The first-order chi connectivity index (χ1) is 10.2. The molecule has 0 bridgehead atoms. The van der Waals surface area contributed by atoms with Gasteiger partial charge in [0.2, 0.25) is 5.91 Å². The minimum absolute atomic E-state index is 0.0853. The molecule has 21 heavy (non-hydrogen) atoms. The van der Waals surface area contributed by atoms with Gasteiger partial charge in [0.25, 0.3) is 0 Å². The van der Waals surface area contributed by atoms with Crippen molar-refractivity contribution in [2.24, 2.45) is 11.3 Å². The molecule has 2 atom stereocenters. The van der Waals surface area contributed by atoms with Crippen molar-refractivity contribution in [3.63, 3.8) is 0 Å². The first-order valence-electron chi connectivity index (χ1n) is 7.38. The predicted molar refractivity (Wildman–Crippen MR) is 77.0 cm³/mol. The third-order valence-corrected chi connectivity index (χ3v) is 4.52. The highest BCUT2D eigenvalue weighted by Crippen LogP contribution is 2.40. The smallest absolute Gasteiger partial charge is 0.226 e. The number of nitrogens with zero attached hydrogens (tertiary/aromatic N) is 1. The third kappa shape index (κ3) is 2.89. The van der Waals surface area contributed by atoms with Gasteiger partial charge in [0.15, 0.2) is 0 Å². The Morgan fingerprint density at radius 3 is 2.95 bits per heavy atom. The Balaban J connectivity index is 1.48. The molecule has 2 fully saturated rings. The number of ether oxygens (including phenoxy) is 2. The molecule has 0 aliphatic carbocycles. The third-order valence-electron chi connectivity index (χ3n) is 4.52. The zero-order chi connectivity index (χ0) is 14.7. The van der Waals surface area contributed by atoms with Crippen LogP contribution in [-0.4, -0.2) is 55.4 Å². The molecule has 5 heteroatoms. The van der Waals surface area contributed by atoms with E-state index in [1.807, 2.05) is 35.2 Å². The second kappa shape index (κ2) is 6.03. The number of carbonyl (C=O) groups is 1. The minimum Gasteiger partial charge on any atom is -0.493 e. The van der Waals surface area contributed by atoms with Crippen molar-refractivity contribution in [2.45, 2.75) is 6.42 Å². The molecule has 1 aromatic rings. The van der Waals surface area contributed by atoms with Crippen molar-refractivity contribution < 1.29 is 19.4 Å². The van der Waals surface area contributed by atoms with Crippen LogP contribution in [0.2, 0.25) is 0 Å². The van der Waals surface area contributed by atoms with Crippen LogP contribution in [0.5, 0.6) is 5.75 Å². The molecule has 0 radical (unpaired) electrons. The van der Waals surface area contributed by atoms with Crippen LogP contribution in [0.15, 0.2) is 30.3 Å². The maximum atomic E-state index is 12.2. The molecule has 2 saturated heterocycles. The number of rotatable bonds is 5. The number of fused-ring (bicyclic) bond motifs is 1. The van der Waals surface area contributed by atoms with Crippen molar-refractivity contribution in [1.82, 2.24) is 4.90 Å². The van der Waals surface area contributed by atoms with Gasteiger partial charge >= 0.3 is 0 Å². The van der Waals surface area contributed by atoms with Crippen molar-refractivity contribution in [2.75, 3.05) is 39.5 Å². The summed E-state index contributed by atoms with van der Waals surface area (Å²) >= 11 is 0. The molecule has 1 N–H and O–H groups in total. The summed E-state index contributed by atoms with van der Waals surface area (Å²) in [7, 11) is 0. The Kier molecular flexibility index (Phi) is 4.12. The lowest BCUT2D eigenvalue weighted by molar-refractivity contribution is -0.131. The van der Waals surface area contributed by atoms with Crippen LogP contribution in [0, 0.1) is 11.3 Å². The normalized spacial score (nSPS) is 27.7. The van der Waals surface area contributed by atoms with Gasteiger partial charge in [-0.2, -0.15) is 0 Å². The van der Waals surface area contributed by atoms with Gasteiger partial charge in [-0.15, -0.1) is 0 Å². The number of amides is 1. The second-order valence-electron chi connectivity index (χ2n) is 5.92. The van der Waals surface area contributed by atoms with E-state index in [1.165, 1.54) is 0 Å². The Hall–Kier alpha value is -1.59. The van der Waals surface area contributed by atoms with Crippen LogP contribution in [-0.2, 0) is 9.53 Å². The SMILES string of the molecule is O=C(CCOc1ccccc1)N1C[C@H]2COC[C@@]2(CO)C1. The van der Waals surface area contributed by atoms with Crippen LogP contribution in [0.1, 0.15) is 6.42 Å². The zero-order valence-corrected chi connectivity index (χ0v) is 12.0. The van der Waals surface area contributed by atoms with Crippen LogP contribution in [0.4, 0.5) is 0 Å². The van der Waals surface area contributed by atoms with Gasteiger partial charge in [-0.1, -0.05) is 18.2 Å². The fraction of sp³-hybridized carbons (Fsp3) is 0.562. The topological polar surface area (TPSA) is 59.0 Å². The monoisotopic (exact) mass is 291 g/mol. The summed E-state index contributed by atoms with van der Waals surface area (Å²) in [6.07, 6.45) is 0.365. The quantitative estimate of drug-likeness (QED) is 0.876. The van der Waals surface area contributed by atoms with E-state index >= 15 is 0 Å². The molecule has 0 spiro atoms. The molecule has 0 aromatic heterocycles. The number of para-hydroxylation sites is 1. The van der Waals surface area contributed by atoms with Gasteiger partial charge in [-0.05, 0) is 12.1 Å². The summed E-state index contributed by atoms with van der Waals surface area (Å²) in [4.78, 5) is 14.1. The molecule has 2 heterocycles. The maximum Gasteiger partial charge on any atom is 0.226 e. The van der Waals surface area contributed by atoms with Gasteiger partial charge < -0.3 is 19.5 Å². The Bertz CT molecular complexity index is 492. The Morgan fingerprint density at radius 2 is 2.24 bits per heavy atom. The van der Waals surface area contributed by atoms with Crippen LogP contribution in [0.3, 0.4) is 0 Å². The molecule has 2 aliphatic rings. The number of benzene rings is 1. The van der Waals surface area contributed by atoms with E-state index in [0.717, 1.165) is 5.75 Å². The standard InChI is InChI=1S/C16H21NO4/c18-11-16-10-17(8-13(16)9-20-12-16)15(19)6-7-21-14-4-2-1-3-5-14/h1-5,13,18H,6-12H2/t13-,16-/m0/s1. The van der Waals surface area contributed by atoms with Crippen LogP contribution < -0.4 is 4.74 Å². The lowest BCUT2D eigenvalue weighted by atomic mass is 9.82. The molecule has 0 saturated carbocycles. The lowest BCUT2D eigenvalue weighted by Gasteiger charge is -2.24. The fourth-order valence-corrected chi connectivity index (χ4v) is 3.18. The Morgan fingerprint density at radius 1 is 1.43 bits per heavy atom. The highest BCUT2D eigenvalue weighted by atomic mass is 16.5. The second-order valence-corrected chi connectivity index (χ2v) is 5.92. The number of carbonyl (C=O) groups excluding carboxylic acids is 1. The average Bonchev–Trinajstić information content (AvgIpc) is 3.05. The molecule has 3 rings (SSSR count). The van der Waals surface area contributed by atoms with Gasteiger partial charge in [0.1, 0.15) is 5.75 Å². The van der Waals surface area contributed by atoms with E-state index in [4.69, 9.17) is 9.47 Å². The molecule has 1 aromatic carbocycles. The van der Waals surface area contributed by atoms with Crippen molar-refractivity contribution in [1.29, 1.82) is 0 Å². The van der Waals surface area contributed by atoms with Gasteiger partial charge in [-0.3, -0.25) is 4.79 Å². The first-order valence-corrected chi connectivity index (χ1v) is 7.38. The fourth-order valence-electron chi connectivity index (χ4n) is 3.18. The molecule has 1 amide bonds. The first kappa shape index (κ1) is 14.4. The molecular formula is C16H21NO4. The van der Waals surface area contributed by atoms with Crippen molar-refractivity contribution in [3.05, 3.63) is 30.3 Å². The predicted octanol–water partition coefficient (Wildman–Crippen LogP) is 0.923. The average molecular weight is 291 g/mol. The molecular weight excluding hydrogens is 270 g/mol. The number of aliphatic hydroxyl groups is 1. The highest BCUT2D eigenvalue weighted by molar-refractivity contribution is 5.76. The summed E-state index contributed by atoms with van der Waals surface area (Å²) in [5.74, 6) is 1.14. The molecule has 2 aliphatic heterocycles. The summed E-state index contributed by atoms with van der Waals surface area (Å²) in [6.45, 7) is 2.95. The molecule has 114 valence electrons.